The van der Waals surface area contributed by atoms with Crippen molar-refractivity contribution in [1.29, 1.82) is 5.26 Å². The summed E-state index contributed by atoms with van der Waals surface area (Å²) in [6.45, 7) is 3.06. The molecule has 0 atom stereocenters. The summed E-state index contributed by atoms with van der Waals surface area (Å²) in [5.41, 5.74) is 2.05. The summed E-state index contributed by atoms with van der Waals surface area (Å²) in [4.78, 5) is 26.8. The third-order valence-corrected chi connectivity index (χ3v) is 6.40. The SMILES string of the molecule is CCOc1cc(C#N)ccc1OCC(=O)Nc1sc2c(c1C(=O)NCCCOC)CCCC2. The van der Waals surface area contributed by atoms with Crippen LogP contribution in [0.3, 0.4) is 0 Å². The van der Waals surface area contributed by atoms with Gasteiger partial charge in [0.1, 0.15) is 5.00 Å². The lowest BCUT2D eigenvalue weighted by atomic mass is 9.95. The summed E-state index contributed by atoms with van der Waals surface area (Å²) in [7, 11) is 1.63. The third kappa shape index (κ3) is 6.46. The van der Waals surface area contributed by atoms with Crippen LogP contribution in [0.5, 0.6) is 11.5 Å². The molecule has 1 aromatic carbocycles. The van der Waals surface area contributed by atoms with E-state index in [-0.39, 0.29) is 18.4 Å². The minimum absolute atomic E-state index is 0.174. The Morgan fingerprint density at radius 3 is 2.76 bits per heavy atom. The summed E-state index contributed by atoms with van der Waals surface area (Å²) in [6, 6.07) is 6.85. The molecule has 33 heavy (non-hydrogen) atoms. The summed E-state index contributed by atoms with van der Waals surface area (Å²) >= 11 is 1.47. The first-order valence-corrected chi connectivity index (χ1v) is 11.9. The van der Waals surface area contributed by atoms with E-state index in [1.807, 2.05) is 6.92 Å². The maximum Gasteiger partial charge on any atom is 0.262 e. The summed E-state index contributed by atoms with van der Waals surface area (Å²) in [5, 5.41) is 15.4. The number of ether oxygens (including phenoxy) is 3. The Labute approximate surface area is 197 Å². The molecular weight excluding hydrogens is 442 g/mol. The van der Waals surface area contributed by atoms with Crippen molar-refractivity contribution in [2.75, 3.05) is 38.8 Å². The Kier molecular flexibility index (Phi) is 9.10. The van der Waals surface area contributed by atoms with Crippen molar-refractivity contribution in [1.82, 2.24) is 5.32 Å². The molecule has 2 N–H and O–H groups in total. The molecule has 0 radical (unpaired) electrons. The van der Waals surface area contributed by atoms with Crippen LogP contribution in [0.4, 0.5) is 5.00 Å². The Bertz CT molecular complexity index is 1030. The Hall–Kier alpha value is -3.09. The lowest BCUT2D eigenvalue weighted by molar-refractivity contribution is -0.118. The molecule has 0 unspecified atom stereocenters. The third-order valence-electron chi connectivity index (χ3n) is 5.19. The first kappa shape index (κ1) is 24.6. The number of carbonyl (C=O) groups excluding carboxylic acids is 2. The molecule has 0 saturated heterocycles. The van der Waals surface area contributed by atoms with Crippen molar-refractivity contribution in [3.8, 4) is 17.6 Å². The van der Waals surface area contributed by atoms with Gasteiger partial charge in [-0.05, 0) is 56.7 Å². The zero-order valence-corrected chi connectivity index (χ0v) is 19.8. The molecule has 176 valence electrons. The topological polar surface area (TPSA) is 110 Å². The zero-order valence-electron chi connectivity index (χ0n) is 19.0. The van der Waals surface area contributed by atoms with Crippen molar-refractivity contribution in [2.24, 2.45) is 0 Å². The number of hydrogen-bond acceptors (Lipinski definition) is 7. The Morgan fingerprint density at radius 1 is 1.18 bits per heavy atom. The van der Waals surface area contributed by atoms with E-state index < -0.39 is 0 Å². The van der Waals surface area contributed by atoms with Gasteiger partial charge in [-0.1, -0.05) is 0 Å². The van der Waals surface area contributed by atoms with E-state index in [4.69, 9.17) is 19.5 Å². The van der Waals surface area contributed by atoms with Gasteiger partial charge in [-0.15, -0.1) is 11.3 Å². The molecule has 1 aliphatic rings. The van der Waals surface area contributed by atoms with Crippen LogP contribution < -0.4 is 20.1 Å². The lowest BCUT2D eigenvalue weighted by Gasteiger charge is -2.14. The highest BCUT2D eigenvalue weighted by Crippen LogP contribution is 2.38. The van der Waals surface area contributed by atoms with Gasteiger partial charge in [0.05, 0.1) is 23.8 Å². The smallest absolute Gasteiger partial charge is 0.262 e. The number of anilines is 1. The van der Waals surface area contributed by atoms with E-state index in [0.717, 1.165) is 42.5 Å². The number of rotatable bonds is 11. The average Bonchev–Trinajstić information content (AvgIpc) is 3.18. The number of thiophene rings is 1. The van der Waals surface area contributed by atoms with E-state index in [9.17, 15) is 9.59 Å². The van der Waals surface area contributed by atoms with Crippen LogP contribution in [0.25, 0.3) is 0 Å². The zero-order chi connectivity index (χ0) is 23.6. The van der Waals surface area contributed by atoms with Gasteiger partial charge in [0.2, 0.25) is 0 Å². The fraction of sp³-hybridized carbons (Fsp3) is 0.458. The first-order chi connectivity index (χ1) is 16.1. The number of nitrogens with zero attached hydrogens (tertiary/aromatic N) is 1. The molecule has 1 heterocycles. The van der Waals surface area contributed by atoms with Crippen LogP contribution in [0.1, 0.15) is 52.5 Å². The van der Waals surface area contributed by atoms with Crippen LogP contribution in [-0.4, -0.2) is 45.3 Å². The molecule has 0 fully saturated rings. The summed E-state index contributed by atoms with van der Waals surface area (Å²) in [6.07, 6.45) is 4.58. The second kappa shape index (κ2) is 12.2. The standard InChI is InChI=1S/C24H29N3O5S/c1-3-31-19-13-16(14-25)9-10-18(19)32-15-21(28)27-24-22(23(29)26-11-6-12-30-2)17-7-4-5-8-20(17)33-24/h9-10,13H,3-8,11-12,15H2,1-2H3,(H,26,29)(H,27,28). The Balaban J connectivity index is 1.70. The van der Waals surface area contributed by atoms with Crippen LogP contribution in [0, 0.1) is 11.3 Å². The monoisotopic (exact) mass is 471 g/mol. The van der Waals surface area contributed by atoms with Crippen molar-refractivity contribution in [3.63, 3.8) is 0 Å². The van der Waals surface area contributed by atoms with Crippen LogP contribution in [-0.2, 0) is 22.4 Å². The highest BCUT2D eigenvalue weighted by atomic mass is 32.1. The number of fused-ring (bicyclic) bond motifs is 1. The predicted octanol–water partition coefficient (Wildman–Crippen LogP) is 3.68. The molecule has 0 spiro atoms. The summed E-state index contributed by atoms with van der Waals surface area (Å²) < 4.78 is 16.2. The van der Waals surface area contributed by atoms with Gasteiger partial charge in [0, 0.05) is 31.2 Å². The minimum atomic E-state index is -0.367. The van der Waals surface area contributed by atoms with Gasteiger partial charge in [-0.25, -0.2) is 0 Å². The molecule has 3 rings (SSSR count). The number of methoxy groups -OCH3 is 1. The highest BCUT2D eigenvalue weighted by molar-refractivity contribution is 7.17. The predicted molar refractivity (Wildman–Crippen MR) is 126 cm³/mol. The van der Waals surface area contributed by atoms with Crippen molar-refractivity contribution >= 4 is 28.2 Å². The number of nitriles is 1. The number of amides is 2. The fourth-order valence-corrected chi connectivity index (χ4v) is 4.98. The first-order valence-electron chi connectivity index (χ1n) is 11.1. The van der Waals surface area contributed by atoms with E-state index in [1.54, 1.807) is 25.3 Å². The van der Waals surface area contributed by atoms with Crippen LogP contribution >= 0.6 is 11.3 Å². The molecule has 2 aromatic rings. The molecule has 0 saturated carbocycles. The highest BCUT2D eigenvalue weighted by Gasteiger charge is 2.26. The number of nitrogens with one attached hydrogen (secondary N) is 2. The van der Waals surface area contributed by atoms with Crippen molar-refractivity contribution in [2.45, 2.75) is 39.0 Å². The molecular formula is C24H29N3O5S. The number of hydrogen-bond donors (Lipinski definition) is 2. The summed E-state index contributed by atoms with van der Waals surface area (Å²) in [5.74, 6) is 0.251. The molecule has 8 nitrogen and oxygen atoms in total. The van der Waals surface area contributed by atoms with Gasteiger partial charge in [0.15, 0.2) is 18.1 Å². The number of carbonyl (C=O) groups is 2. The Morgan fingerprint density at radius 2 is 2.00 bits per heavy atom. The van der Waals surface area contributed by atoms with Crippen molar-refractivity contribution < 1.29 is 23.8 Å². The van der Waals surface area contributed by atoms with E-state index in [1.165, 1.54) is 11.3 Å². The maximum atomic E-state index is 12.9. The fourth-order valence-electron chi connectivity index (χ4n) is 3.67. The number of benzene rings is 1. The van der Waals surface area contributed by atoms with Gasteiger partial charge in [0.25, 0.3) is 11.8 Å². The van der Waals surface area contributed by atoms with Gasteiger partial charge in [-0.2, -0.15) is 5.26 Å². The second-order valence-corrected chi connectivity index (χ2v) is 8.67. The quantitative estimate of drug-likeness (QED) is 0.484. The van der Waals surface area contributed by atoms with Crippen molar-refractivity contribution in [3.05, 3.63) is 39.8 Å². The van der Waals surface area contributed by atoms with Crippen LogP contribution in [0.2, 0.25) is 0 Å². The molecule has 9 heteroatoms. The van der Waals surface area contributed by atoms with E-state index >= 15 is 0 Å². The molecule has 1 aliphatic carbocycles. The molecule has 2 amide bonds. The maximum absolute atomic E-state index is 12.9. The molecule has 0 aliphatic heterocycles. The van der Waals surface area contributed by atoms with Gasteiger partial charge in [-0.3, -0.25) is 9.59 Å². The normalized spacial score (nSPS) is 12.4. The largest absolute Gasteiger partial charge is 0.490 e. The van der Waals surface area contributed by atoms with E-state index in [0.29, 0.717) is 47.4 Å². The van der Waals surface area contributed by atoms with Crippen LogP contribution in [0.15, 0.2) is 18.2 Å². The number of aryl methyl sites for hydroxylation is 1. The van der Waals surface area contributed by atoms with E-state index in [2.05, 4.69) is 16.7 Å². The van der Waals surface area contributed by atoms with Gasteiger partial charge < -0.3 is 24.8 Å². The molecule has 0 bridgehead atoms. The molecule has 1 aromatic heterocycles. The average molecular weight is 472 g/mol. The lowest BCUT2D eigenvalue weighted by Crippen LogP contribution is -2.28. The van der Waals surface area contributed by atoms with Gasteiger partial charge >= 0.3 is 0 Å². The second-order valence-electron chi connectivity index (χ2n) is 7.56. The minimum Gasteiger partial charge on any atom is -0.490 e.